The molecule has 0 aliphatic carbocycles. The molecule has 1 heterocycles. The van der Waals surface area contributed by atoms with E-state index in [1.807, 2.05) is 0 Å². The number of rotatable bonds is 5. The van der Waals surface area contributed by atoms with Gasteiger partial charge in [-0.2, -0.15) is 0 Å². The van der Waals surface area contributed by atoms with Crippen molar-refractivity contribution in [3.63, 3.8) is 0 Å². The highest BCUT2D eigenvalue weighted by atomic mass is 35.5. The van der Waals surface area contributed by atoms with Crippen molar-refractivity contribution < 1.29 is 13.2 Å². The molecule has 28 heavy (non-hydrogen) atoms. The molecule has 1 aromatic heterocycles. The minimum absolute atomic E-state index is 0.00741. The summed E-state index contributed by atoms with van der Waals surface area (Å²) in [4.78, 5) is 16.9. The molecule has 0 fully saturated rings. The van der Waals surface area contributed by atoms with Gasteiger partial charge in [0.05, 0.1) is 15.6 Å². The summed E-state index contributed by atoms with van der Waals surface area (Å²) in [6.45, 7) is 1.69. The van der Waals surface area contributed by atoms with Crippen LogP contribution in [0.3, 0.4) is 0 Å². The van der Waals surface area contributed by atoms with Crippen molar-refractivity contribution >= 4 is 50.4 Å². The van der Waals surface area contributed by atoms with E-state index in [1.165, 1.54) is 36.5 Å². The lowest BCUT2D eigenvalue weighted by molar-refractivity contribution is 0.103. The predicted molar refractivity (Wildman–Crippen MR) is 111 cm³/mol. The van der Waals surface area contributed by atoms with Gasteiger partial charge in [-0.05, 0) is 48.9 Å². The van der Waals surface area contributed by atoms with Crippen LogP contribution in [0.2, 0.25) is 10.0 Å². The Labute approximate surface area is 172 Å². The normalized spacial score (nSPS) is 11.2. The highest BCUT2D eigenvalue weighted by Gasteiger charge is 2.22. The van der Waals surface area contributed by atoms with Gasteiger partial charge in [0, 0.05) is 22.5 Å². The average Bonchev–Trinajstić information content (AvgIpc) is 2.63. The molecule has 0 saturated carbocycles. The molecule has 2 aromatic carbocycles. The van der Waals surface area contributed by atoms with Crippen molar-refractivity contribution in [3.8, 4) is 0 Å². The van der Waals surface area contributed by atoms with Crippen LogP contribution in [0.5, 0.6) is 0 Å². The number of aryl methyl sites for hydroxylation is 1. The van der Waals surface area contributed by atoms with Gasteiger partial charge in [-0.1, -0.05) is 35.3 Å². The second kappa shape index (κ2) is 7.79. The number of benzene rings is 2. The van der Waals surface area contributed by atoms with Crippen molar-refractivity contribution in [1.29, 1.82) is 0 Å². The van der Waals surface area contributed by atoms with E-state index in [0.717, 1.165) is 0 Å². The second-order valence-corrected chi connectivity index (χ2v) is 8.51. The van der Waals surface area contributed by atoms with Gasteiger partial charge in [0.2, 0.25) is 5.78 Å². The summed E-state index contributed by atoms with van der Waals surface area (Å²) in [7, 11) is -4.01. The molecular weight excluding hydrogens is 421 g/mol. The maximum atomic E-state index is 12.9. The Morgan fingerprint density at radius 1 is 1.11 bits per heavy atom. The maximum Gasteiger partial charge on any atom is 0.261 e. The number of carbonyl (C=O) groups excluding carboxylic acids is 1. The summed E-state index contributed by atoms with van der Waals surface area (Å²) >= 11 is 11.9. The van der Waals surface area contributed by atoms with Gasteiger partial charge < -0.3 is 5.73 Å². The Morgan fingerprint density at radius 2 is 1.82 bits per heavy atom. The Morgan fingerprint density at radius 3 is 2.50 bits per heavy atom. The highest BCUT2D eigenvalue weighted by molar-refractivity contribution is 7.92. The molecule has 3 N–H and O–H groups in total. The van der Waals surface area contributed by atoms with E-state index < -0.39 is 15.8 Å². The number of sulfonamides is 1. The number of pyridine rings is 1. The molecule has 0 atom stereocenters. The predicted octanol–water partition coefficient (Wildman–Crippen LogP) is 4.31. The summed E-state index contributed by atoms with van der Waals surface area (Å²) < 4.78 is 28.0. The van der Waals surface area contributed by atoms with E-state index in [4.69, 9.17) is 28.9 Å². The number of aromatic nitrogens is 1. The van der Waals surface area contributed by atoms with E-state index in [0.29, 0.717) is 10.6 Å². The number of ketones is 1. The van der Waals surface area contributed by atoms with Crippen molar-refractivity contribution in [1.82, 2.24) is 4.98 Å². The van der Waals surface area contributed by atoms with Crippen LogP contribution in [0, 0.1) is 6.92 Å². The molecule has 0 radical (unpaired) electrons. The molecule has 0 spiro atoms. The third-order valence-corrected chi connectivity index (χ3v) is 5.95. The van der Waals surface area contributed by atoms with Gasteiger partial charge in [-0.3, -0.25) is 9.52 Å². The van der Waals surface area contributed by atoms with Gasteiger partial charge in [-0.15, -0.1) is 0 Å². The lowest BCUT2D eigenvalue weighted by Gasteiger charge is -2.13. The van der Waals surface area contributed by atoms with Gasteiger partial charge in [-0.25, -0.2) is 13.4 Å². The number of hydrogen-bond acceptors (Lipinski definition) is 5. The Kier molecular flexibility index (Phi) is 5.60. The minimum Gasteiger partial charge on any atom is -0.398 e. The first-order chi connectivity index (χ1) is 13.2. The van der Waals surface area contributed by atoms with Gasteiger partial charge >= 0.3 is 0 Å². The molecule has 0 aliphatic rings. The van der Waals surface area contributed by atoms with E-state index in [1.54, 1.807) is 25.1 Å². The monoisotopic (exact) mass is 435 g/mol. The molecule has 0 saturated heterocycles. The number of carbonyl (C=O) groups is 1. The van der Waals surface area contributed by atoms with Crippen LogP contribution in [-0.2, 0) is 10.0 Å². The van der Waals surface area contributed by atoms with Crippen molar-refractivity contribution in [2.45, 2.75) is 11.8 Å². The zero-order valence-electron chi connectivity index (χ0n) is 14.6. The third kappa shape index (κ3) is 4.11. The number of para-hydroxylation sites is 1. The van der Waals surface area contributed by atoms with Gasteiger partial charge in [0.1, 0.15) is 5.69 Å². The molecule has 6 nitrogen and oxygen atoms in total. The fraction of sp³-hybridized carbons (Fsp3) is 0.0526. The van der Waals surface area contributed by atoms with Gasteiger partial charge in [0.25, 0.3) is 10.0 Å². The first kappa shape index (κ1) is 20.1. The van der Waals surface area contributed by atoms with Crippen molar-refractivity contribution in [2.24, 2.45) is 0 Å². The van der Waals surface area contributed by atoms with Crippen LogP contribution in [0.1, 0.15) is 21.6 Å². The van der Waals surface area contributed by atoms with Crippen LogP contribution in [0.15, 0.2) is 59.6 Å². The van der Waals surface area contributed by atoms with Crippen molar-refractivity contribution in [3.05, 3.63) is 81.6 Å². The Bertz CT molecular complexity index is 1180. The number of nitrogen functional groups attached to an aromatic ring is 1. The minimum atomic E-state index is -4.01. The van der Waals surface area contributed by atoms with E-state index >= 15 is 0 Å². The fourth-order valence-corrected chi connectivity index (χ4v) is 3.93. The average molecular weight is 436 g/mol. The molecule has 0 unspecified atom stereocenters. The van der Waals surface area contributed by atoms with E-state index in [2.05, 4.69) is 9.71 Å². The second-order valence-electron chi connectivity index (χ2n) is 5.98. The largest absolute Gasteiger partial charge is 0.398 e. The van der Waals surface area contributed by atoms with E-state index in [-0.39, 0.29) is 32.6 Å². The van der Waals surface area contributed by atoms with Crippen LogP contribution in [0.4, 0.5) is 11.4 Å². The van der Waals surface area contributed by atoms with Crippen molar-refractivity contribution in [2.75, 3.05) is 10.5 Å². The number of nitrogens with one attached hydrogen (secondary N) is 1. The number of hydrogen-bond donors (Lipinski definition) is 2. The number of nitrogens with zero attached hydrogens (tertiary/aromatic N) is 1. The molecule has 9 heteroatoms. The highest BCUT2D eigenvalue weighted by Crippen LogP contribution is 2.27. The zero-order chi connectivity index (χ0) is 20.5. The molecule has 0 aliphatic heterocycles. The summed E-state index contributed by atoms with van der Waals surface area (Å²) in [5.74, 6) is -0.528. The van der Waals surface area contributed by atoms with E-state index in [9.17, 15) is 13.2 Å². The first-order valence-corrected chi connectivity index (χ1v) is 10.3. The topological polar surface area (TPSA) is 102 Å². The molecule has 0 amide bonds. The van der Waals surface area contributed by atoms with Crippen LogP contribution in [0.25, 0.3) is 0 Å². The molecule has 0 bridgehead atoms. The quantitative estimate of drug-likeness (QED) is 0.458. The molecule has 3 rings (SSSR count). The number of anilines is 2. The molecule has 3 aromatic rings. The number of nitrogens with two attached hydrogens (primary N) is 1. The molecule has 144 valence electrons. The summed E-state index contributed by atoms with van der Waals surface area (Å²) in [5, 5.41) is 0.612. The summed E-state index contributed by atoms with van der Waals surface area (Å²) in [5.41, 5.74) is 6.76. The zero-order valence-corrected chi connectivity index (χ0v) is 16.9. The lowest BCUT2D eigenvalue weighted by atomic mass is 10.0. The maximum absolute atomic E-state index is 12.9. The fourth-order valence-electron chi connectivity index (χ4n) is 2.52. The standard InChI is InChI=1S/C19H15Cl2N3O3S/c1-11-8-13(6-7-15(11)21)28(26,27)24-17-9-12(20)10-23-18(17)19(25)14-4-2-3-5-16(14)22/h2-10,24H,22H2,1H3. The number of halogens is 2. The Balaban J connectivity index is 2.05. The SMILES string of the molecule is Cc1cc(S(=O)(=O)Nc2cc(Cl)cnc2C(=O)c2ccccc2N)ccc1Cl. The Hall–Kier alpha value is -2.61. The lowest BCUT2D eigenvalue weighted by Crippen LogP contribution is -2.17. The summed E-state index contributed by atoms with van der Waals surface area (Å²) in [6, 6.07) is 12.1. The van der Waals surface area contributed by atoms with Gasteiger partial charge in [0.15, 0.2) is 0 Å². The first-order valence-electron chi connectivity index (χ1n) is 8.03. The third-order valence-electron chi connectivity index (χ3n) is 3.96. The summed E-state index contributed by atoms with van der Waals surface area (Å²) in [6.07, 6.45) is 1.26. The smallest absolute Gasteiger partial charge is 0.261 e. The van der Waals surface area contributed by atoms with Crippen LogP contribution in [-0.4, -0.2) is 19.2 Å². The van der Waals surface area contributed by atoms with Crippen LogP contribution < -0.4 is 10.5 Å². The van der Waals surface area contributed by atoms with Crippen LogP contribution >= 0.6 is 23.2 Å². The molecular formula is C19H15Cl2N3O3S.